The molecule has 170 valence electrons. The highest BCUT2D eigenvalue weighted by atomic mass is 19.1. The summed E-state index contributed by atoms with van der Waals surface area (Å²) in [6.07, 6.45) is 2.68. The van der Waals surface area contributed by atoms with Crippen molar-refractivity contribution in [3.05, 3.63) is 65.0 Å². The standard InChI is InChI=1S/C25H26FN5O2/c1-15(2)14-31-23(17(12-28)13-29-3)22(21-10-18(26)7-8-20(21)25(31)33)24(32)30-19-6-4-5-16(9-19)11-27/h4-10,12-13,15,17,22-23,28H,14H2,1-3H3,(H,30,32). The first kappa shape index (κ1) is 23.8. The highest BCUT2D eigenvalue weighted by molar-refractivity contribution is 6.05. The van der Waals surface area contributed by atoms with Gasteiger partial charge in [0.1, 0.15) is 5.82 Å². The minimum atomic E-state index is -0.956. The Morgan fingerprint density at radius 2 is 2.09 bits per heavy atom. The third-order valence-electron chi connectivity index (χ3n) is 5.55. The molecule has 2 aromatic carbocycles. The third kappa shape index (κ3) is 4.98. The zero-order valence-corrected chi connectivity index (χ0v) is 18.7. The highest BCUT2D eigenvalue weighted by Crippen LogP contribution is 2.38. The zero-order chi connectivity index (χ0) is 24.1. The molecule has 0 saturated carbocycles. The minimum Gasteiger partial charge on any atom is -0.333 e. The third-order valence-corrected chi connectivity index (χ3v) is 5.55. The number of hydrogen-bond donors (Lipinski definition) is 2. The number of nitrogens with zero attached hydrogens (tertiary/aromatic N) is 3. The first-order valence-electron chi connectivity index (χ1n) is 10.6. The van der Waals surface area contributed by atoms with E-state index in [0.717, 1.165) is 6.21 Å². The normalized spacial score (nSPS) is 18.7. The summed E-state index contributed by atoms with van der Waals surface area (Å²) in [5.74, 6) is -2.84. The summed E-state index contributed by atoms with van der Waals surface area (Å²) in [5, 5.41) is 20.0. The Morgan fingerprint density at radius 3 is 2.73 bits per heavy atom. The quantitative estimate of drug-likeness (QED) is 0.629. The van der Waals surface area contributed by atoms with E-state index in [4.69, 9.17) is 5.41 Å². The van der Waals surface area contributed by atoms with Crippen LogP contribution in [0.5, 0.6) is 0 Å². The topological polar surface area (TPSA) is 109 Å². The van der Waals surface area contributed by atoms with Gasteiger partial charge in [-0.2, -0.15) is 5.26 Å². The maximum Gasteiger partial charge on any atom is 0.254 e. The number of nitriles is 1. The zero-order valence-electron chi connectivity index (χ0n) is 18.7. The number of hydrogen-bond acceptors (Lipinski definition) is 5. The monoisotopic (exact) mass is 447 g/mol. The second-order valence-corrected chi connectivity index (χ2v) is 8.38. The highest BCUT2D eigenvalue weighted by Gasteiger charge is 2.46. The SMILES string of the molecule is CN=CC(C=N)C1C(C(=O)Nc2cccc(C#N)c2)c2cc(F)ccc2C(=O)N1CC(C)C. The van der Waals surface area contributed by atoms with E-state index in [-0.39, 0.29) is 23.0 Å². The molecule has 8 heteroatoms. The van der Waals surface area contributed by atoms with Gasteiger partial charge in [-0.1, -0.05) is 19.9 Å². The number of anilines is 1. The van der Waals surface area contributed by atoms with E-state index in [1.807, 2.05) is 19.9 Å². The van der Waals surface area contributed by atoms with Crippen LogP contribution in [0, 0.1) is 34.4 Å². The Kier molecular flexibility index (Phi) is 7.34. The van der Waals surface area contributed by atoms with E-state index in [0.29, 0.717) is 17.8 Å². The van der Waals surface area contributed by atoms with Gasteiger partial charge in [0.05, 0.1) is 29.5 Å². The second-order valence-electron chi connectivity index (χ2n) is 8.38. The lowest BCUT2D eigenvalue weighted by atomic mass is 9.76. The Hall–Kier alpha value is -3.86. The molecular formula is C25H26FN5O2. The summed E-state index contributed by atoms with van der Waals surface area (Å²) in [4.78, 5) is 32.7. The van der Waals surface area contributed by atoms with Gasteiger partial charge in [-0.25, -0.2) is 4.39 Å². The van der Waals surface area contributed by atoms with E-state index in [2.05, 4.69) is 10.3 Å². The van der Waals surface area contributed by atoms with Crippen LogP contribution in [0.3, 0.4) is 0 Å². The van der Waals surface area contributed by atoms with E-state index >= 15 is 0 Å². The molecule has 3 unspecified atom stereocenters. The molecule has 7 nitrogen and oxygen atoms in total. The van der Waals surface area contributed by atoms with Crippen molar-refractivity contribution in [1.82, 2.24) is 4.90 Å². The van der Waals surface area contributed by atoms with Crippen molar-refractivity contribution in [2.45, 2.75) is 25.8 Å². The van der Waals surface area contributed by atoms with Crippen LogP contribution in [-0.2, 0) is 4.79 Å². The number of aliphatic imine (C=N–C) groups is 1. The molecule has 2 N–H and O–H groups in total. The first-order valence-corrected chi connectivity index (χ1v) is 10.6. The molecule has 1 heterocycles. The molecule has 0 bridgehead atoms. The summed E-state index contributed by atoms with van der Waals surface area (Å²) in [6.45, 7) is 4.27. The molecule has 0 radical (unpaired) electrons. The van der Waals surface area contributed by atoms with Crippen LogP contribution in [0.4, 0.5) is 10.1 Å². The minimum absolute atomic E-state index is 0.0967. The van der Waals surface area contributed by atoms with Crippen LogP contribution in [-0.4, -0.2) is 48.8 Å². The first-order chi connectivity index (χ1) is 15.8. The van der Waals surface area contributed by atoms with Gasteiger partial charge in [-0.15, -0.1) is 0 Å². The van der Waals surface area contributed by atoms with Crippen molar-refractivity contribution < 1.29 is 14.0 Å². The van der Waals surface area contributed by atoms with E-state index in [1.165, 1.54) is 24.4 Å². The predicted molar refractivity (Wildman–Crippen MR) is 125 cm³/mol. The van der Waals surface area contributed by atoms with Crippen molar-refractivity contribution in [2.75, 3.05) is 18.9 Å². The van der Waals surface area contributed by atoms with Crippen molar-refractivity contribution in [2.24, 2.45) is 16.8 Å². The molecule has 0 spiro atoms. The molecule has 1 aliphatic rings. The van der Waals surface area contributed by atoms with Gasteiger partial charge in [0.15, 0.2) is 0 Å². The molecule has 3 rings (SSSR count). The summed E-state index contributed by atoms with van der Waals surface area (Å²) in [5.41, 5.74) is 1.33. The molecule has 0 aromatic heterocycles. The van der Waals surface area contributed by atoms with Crippen LogP contribution in [0.15, 0.2) is 47.5 Å². The molecule has 2 amide bonds. The summed E-state index contributed by atoms with van der Waals surface area (Å²) < 4.78 is 14.3. The van der Waals surface area contributed by atoms with Crippen LogP contribution in [0.25, 0.3) is 0 Å². The molecule has 0 fully saturated rings. The summed E-state index contributed by atoms with van der Waals surface area (Å²) >= 11 is 0. The Bertz CT molecular complexity index is 1140. The summed E-state index contributed by atoms with van der Waals surface area (Å²) in [7, 11) is 1.56. The molecule has 1 aliphatic heterocycles. The molecular weight excluding hydrogens is 421 g/mol. The molecule has 0 aliphatic carbocycles. The second kappa shape index (κ2) is 10.2. The van der Waals surface area contributed by atoms with Crippen LogP contribution < -0.4 is 5.32 Å². The number of rotatable bonds is 7. The average Bonchev–Trinajstić information content (AvgIpc) is 2.79. The molecule has 2 aromatic rings. The van der Waals surface area contributed by atoms with Gasteiger partial charge in [0.2, 0.25) is 5.91 Å². The number of carbonyl (C=O) groups excluding carboxylic acids is 2. The molecule has 3 atom stereocenters. The maximum absolute atomic E-state index is 14.3. The molecule has 0 saturated heterocycles. The summed E-state index contributed by atoms with van der Waals surface area (Å²) in [6, 6.07) is 11.6. The van der Waals surface area contributed by atoms with Crippen molar-refractivity contribution >= 4 is 29.9 Å². The van der Waals surface area contributed by atoms with Gasteiger partial charge < -0.3 is 20.6 Å². The van der Waals surface area contributed by atoms with Gasteiger partial charge >= 0.3 is 0 Å². The average molecular weight is 448 g/mol. The number of benzene rings is 2. The fourth-order valence-corrected chi connectivity index (χ4v) is 4.25. The lowest BCUT2D eigenvalue weighted by Gasteiger charge is -2.44. The Balaban J connectivity index is 2.17. The van der Waals surface area contributed by atoms with Crippen LogP contribution in [0.2, 0.25) is 0 Å². The number of nitrogens with one attached hydrogen (secondary N) is 2. The fraction of sp³-hybridized carbons (Fsp3) is 0.320. The number of amides is 2. The van der Waals surface area contributed by atoms with Crippen molar-refractivity contribution in [3.63, 3.8) is 0 Å². The largest absolute Gasteiger partial charge is 0.333 e. The fourth-order valence-electron chi connectivity index (χ4n) is 4.25. The maximum atomic E-state index is 14.3. The van der Waals surface area contributed by atoms with Crippen molar-refractivity contribution in [3.8, 4) is 6.07 Å². The number of carbonyl (C=O) groups is 2. The van der Waals surface area contributed by atoms with Crippen LogP contribution >= 0.6 is 0 Å². The van der Waals surface area contributed by atoms with Crippen molar-refractivity contribution in [1.29, 1.82) is 10.7 Å². The van der Waals surface area contributed by atoms with E-state index in [1.54, 1.807) is 36.2 Å². The van der Waals surface area contributed by atoms with Gasteiger partial charge in [0.25, 0.3) is 5.91 Å². The predicted octanol–water partition coefficient (Wildman–Crippen LogP) is 3.87. The number of fused-ring (bicyclic) bond motifs is 1. The smallest absolute Gasteiger partial charge is 0.254 e. The van der Waals surface area contributed by atoms with E-state index < -0.39 is 29.6 Å². The lowest BCUT2D eigenvalue weighted by molar-refractivity contribution is -0.119. The van der Waals surface area contributed by atoms with Gasteiger partial charge in [-0.3, -0.25) is 9.59 Å². The number of halogens is 1. The lowest BCUT2D eigenvalue weighted by Crippen LogP contribution is -2.56. The van der Waals surface area contributed by atoms with Gasteiger partial charge in [0, 0.05) is 37.3 Å². The van der Waals surface area contributed by atoms with E-state index in [9.17, 15) is 19.2 Å². The Morgan fingerprint density at radius 1 is 1.33 bits per heavy atom. The van der Waals surface area contributed by atoms with Gasteiger partial charge in [-0.05, 0) is 47.9 Å². The molecule has 33 heavy (non-hydrogen) atoms. The Labute approximate surface area is 192 Å². The van der Waals surface area contributed by atoms with Crippen LogP contribution in [0.1, 0.15) is 41.3 Å².